The van der Waals surface area contributed by atoms with Crippen LogP contribution in [0.25, 0.3) is 0 Å². The molecule has 0 bridgehead atoms. The van der Waals surface area contributed by atoms with Crippen LogP contribution >= 0.6 is 0 Å². The summed E-state index contributed by atoms with van der Waals surface area (Å²) >= 11 is 0. The Labute approximate surface area is 204 Å². The molecule has 0 atom stereocenters. The monoisotopic (exact) mass is 476 g/mol. The van der Waals surface area contributed by atoms with Gasteiger partial charge in [-0.1, -0.05) is 24.3 Å². The fourth-order valence-electron chi connectivity index (χ4n) is 4.10. The fraction of sp³-hybridized carbons (Fsp3) is 0.259. The number of imide groups is 1. The molecule has 3 aromatic rings. The highest BCUT2D eigenvalue weighted by Crippen LogP contribution is 2.37. The van der Waals surface area contributed by atoms with E-state index in [2.05, 4.69) is 5.32 Å². The normalized spacial score (nSPS) is 14.4. The van der Waals surface area contributed by atoms with E-state index in [1.807, 2.05) is 24.3 Å². The molecular weight excluding hydrogens is 448 g/mol. The van der Waals surface area contributed by atoms with E-state index in [0.717, 1.165) is 5.75 Å². The molecule has 0 spiro atoms. The van der Waals surface area contributed by atoms with E-state index in [9.17, 15) is 9.59 Å². The molecule has 8 nitrogen and oxygen atoms in total. The summed E-state index contributed by atoms with van der Waals surface area (Å²) in [6.07, 6.45) is 0.479. The molecule has 0 aliphatic carbocycles. The van der Waals surface area contributed by atoms with E-state index in [-0.39, 0.29) is 12.5 Å². The number of carbonyl (C=O) groups excluding carboxylic acids is 2. The van der Waals surface area contributed by atoms with E-state index in [4.69, 9.17) is 18.9 Å². The van der Waals surface area contributed by atoms with Crippen molar-refractivity contribution in [1.82, 2.24) is 10.2 Å². The predicted octanol–water partition coefficient (Wildman–Crippen LogP) is 3.98. The lowest BCUT2D eigenvalue weighted by Gasteiger charge is -2.28. The van der Waals surface area contributed by atoms with Crippen molar-refractivity contribution in [3.05, 3.63) is 83.9 Å². The summed E-state index contributed by atoms with van der Waals surface area (Å²) in [6, 6.07) is 21.0. The number of nitrogens with zero attached hydrogens (tertiary/aromatic N) is 1. The highest BCUT2D eigenvalue weighted by Gasteiger charge is 2.53. The van der Waals surface area contributed by atoms with Crippen LogP contribution < -0.4 is 24.3 Å². The van der Waals surface area contributed by atoms with Crippen molar-refractivity contribution in [1.29, 1.82) is 0 Å². The second-order valence-electron chi connectivity index (χ2n) is 7.97. The van der Waals surface area contributed by atoms with Crippen LogP contribution in [0, 0.1) is 0 Å². The Kier molecular flexibility index (Phi) is 7.10. The van der Waals surface area contributed by atoms with Crippen LogP contribution in [0.2, 0.25) is 0 Å². The Morgan fingerprint density at radius 1 is 0.686 bits per heavy atom. The third kappa shape index (κ3) is 4.73. The van der Waals surface area contributed by atoms with Crippen molar-refractivity contribution in [2.45, 2.75) is 12.0 Å². The van der Waals surface area contributed by atoms with Crippen molar-refractivity contribution in [3.8, 4) is 23.0 Å². The van der Waals surface area contributed by atoms with Crippen LogP contribution in [-0.2, 0) is 10.3 Å². The third-order valence-corrected chi connectivity index (χ3v) is 6.01. The number of ether oxygens (including phenoxy) is 4. The van der Waals surface area contributed by atoms with Gasteiger partial charge in [0, 0.05) is 6.54 Å². The van der Waals surface area contributed by atoms with Gasteiger partial charge in [-0.25, -0.2) is 4.79 Å². The summed E-state index contributed by atoms with van der Waals surface area (Å²) in [5, 5.41) is 2.95. The summed E-state index contributed by atoms with van der Waals surface area (Å²) in [4.78, 5) is 28.1. The number of methoxy groups -OCH3 is 3. The number of carbonyl (C=O) groups is 2. The van der Waals surface area contributed by atoms with Crippen molar-refractivity contribution >= 4 is 11.9 Å². The number of hydrogen-bond acceptors (Lipinski definition) is 6. The van der Waals surface area contributed by atoms with Crippen LogP contribution in [0.5, 0.6) is 23.0 Å². The molecule has 35 heavy (non-hydrogen) atoms. The molecule has 3 amide bonds. The molecule has 1 aliphatic rings. The van der Waals surface area contributed by atoms with Crippen LogP contribution in [0.15, 0.2) is 72.8 Å². The molecule has 0 unspecified atom stereocenters. The van der Waals surface area contributed by atoms with Crippen LogP contribution in [0.3, 0.4) is 0 Å². The van der Waals surface area contributed by atoms with Gasteiger partial charge in [0.15, 0.2) is 5.54 Å². The maximum absolute atomic E-state index is 13.8. The second-order valence-corrected chi connectivity index (χ2v) is 7.97. The van der Waals surface area contributed by atoms with E-state index in [1.165, 1.54) is 4.90 Å². The molecule has 1 N–H and O–H groups in total. The topological polar surface area (TPSA) is 86.3 Å². The molecule has 8 heteroatoms. The average molecular weight is 477 g/mol. The molecule has 182 valence electrons. The Balaban J connectivity index is 1.54. The number of benzene rings is 3. The van der Waals surface area contributed by atoms with Crippen molar-refractivity contribution in [3.63, 3.8) is 0 Å². The molecule has 3 aromatic carbocycles. The summed E-state index contributed by atoms with van der Waals surface area (Å²) < 4.78 is 21.4. The molecule has 0 saturated carbocycles. The molecule has 4 rings (SSSR count). The first-order valence-electron chi connectivity index (χ1n) is 11.2. The van der Waals surface area contributed by atoms with Crippen molar-refractivity contribution in [2.75, 3.05) is 34.5 Å². The minimum Gasteiger partial charge on any atom is -0.497 e. The zero-order valence-electron chi connectivity index (χ0n) is 19.9. The first kappa shape index (κ1) is 23.9. The Morgan fingerprint density at radius 2 is 1.11 bits per heavy atom. The zero-order valence-corrected chi connectivity index (χ0v) is 19.9. The van der Waals surface area contributed by atoms with Crippen LogP contribution in [-0.4, -0.2) is 51.3 Å². The maximum atomic E-state index is 13.8. The quantitative estimate of drug-likeness (QED) is 0.352. The van der Waals surface area contributed by atoms with Gasteiger partial charge in [0.1, 0.15) is 23.0 Å². The van der Waals surface area contributed by atoms with Gasteiger partial charge in [-0.15, -0.1) is 0 Å². The molecule has 1 fully saturated rings. The predicted molar refractivity (Wildman–Crippen MR) is 130 cm³/mol. The van der Waals surface area contributed by atoms with Crippen molar-refractivity contribution < 1.29 is 28.5 Å². The van der Waals surface area contributed by atoms with Gasteiger partial charge in [-0.3, -0.25) is 9.69 Å². The van der Waals surface area contributed by atoms with Gasteiger partial charge in [0.2, 0.25) is 0 Å². The number of hydrogen-bond donors (Lipinski definition) is 1. The Morgan fingerprint density at radius 3 is 1.57 bits per heavy atom. The van der Waals surface area contributed by atoms with Gasteiger partial charge < -0.3 is 24.3 Å². The second kappa shape index (κ2) is 10.4. The largest absolute Gasteiger partial charge is 0.497 e. The molecular formula is C27H28N2O6. The SMILES string of the molecule is COc1ccc(OCCCN2C(=O)NC(c3ccc(OC)cc3)(c3ccc(OC)cc3)C2=O)cc1. The number of amides is 3. The summed E-state index contributed by atoms with van der Waals surface area (Å²) in [5.41, 5.74) is -0.0791. The van der Waals surface area contributed by atoms with Gasteiger partial charge in [0.25, 0.3) is 5.91 Å². The van der Waals surface area contributed by atoms with Crippen LogP contribution in [0.4, 0.5) is 4.79 Å². The lowest BCUT2D eigenvalue weighted by atomic mass is 9.82. The fourth-order valence-corrected chi connectivity index (χ4v) is 4.10. The molecule has 0 radical (unpaired) electrons. The highest BCUT2D eigenvalue weighted by molar-refractivity contribution is 6.09. The minimum absolute atomic E-state index is 0.217. The van der Waals surface area contributed by atoms with Gasteiger partial charge in [-0.05, 0) is 66.1 Å². The van der Waals surface area contributed by atoms with Gasteiger partial charge in [0.05, 0.1) is 27.9 Å². The van der Waals surface area contributed by atoms with Gasteiger partial charge >= 0.3 is 6.03 Å². The third-order valence-electron chi connectivity index (χ3n) is 6.01. The van der Waals surface area contributed by atoms with E-state index >= 15 is 0 Å². The molecule has 1 saturated heterocycles. The summed E-state index contributed by atoms with van der Waals surface area (Å²) in [6.45, 7) is 0.566. The zero-order chi connectivity index (χ0) is 24.8. The maximum Gasteiger partial charge on any atom is 0.325 e. The van der Waals surface area contributed by atoms with Crippen molar-refractivity contribution in [2.24, 2.45) is 0 Å². The minimum atomic E-state index is -1.35. The first-order chi connectivity index (χ1) is 17.0. The number of urea groups is 1. The Bertz CT molecular complexity index is 1110. The van der Waals surface area contributed by atoms with Gasteiger partial charge in [-0.2, -0.15) is 0 Å². The molecule has 1 aliphatic heterocycles. The first-order valence-corrected chi connectivity index (χ1v) is 11.2. The molecule has 1 heterocycles. The standard InChI is InChI=1S/C27H28N2O6/c1-32-21-9-5-19(6-10-21)27(20-7-11-22(33-2)12-8-20)25(30)29(26(31)28-27)17-4-18-35-24-15-13-23(34-3)14-16-24/h5-16H,4,17-18H2,1-3H3,(H,28,31). The number of rotatable bonds is 10. The average Bonchev–Trinajstić information content (AvgIpc) is 3.17. The Hall–Kier alpha value is -4.20. The number of nitrogens with one attached hydrogen (secondary N) is 1. The van der Waals surface area contributed by atoms with Crippen LogP contribution in [0.1, 0.15) is 17.5 Å². The van der Waals surface area contributed by atoms with E-state index < -0.39 is 11.6 Å². The summed E-state index contributed by atoms with van der Waals surface area (Å²) in [7, 11) is 4.75. The summed E-state index contributed by atoms with van der Waals surface area (Å²) in [5.74, 6) is 2.40. The van der Waals surface area contributed by atoms with E-state index in [1.54, 1.807) is 69.9 Å². The highest BCUT2D eigenvalue weighted by atomic mass is 16.5. The smallest absolute Gasteiger partial charge is 0.325 e. The van der Waals surface area contributed by atoms with E-state index in [0.29, 0.717) is 41.4 Å². The molecule has 0 aromatic heterocycles. The lowest BCUT2D eigenvalue weighted by Crippen LogP contribution is -2.45. The lowest BCUT2D eigenvalue weighted by molar-refractivity contribution is -0.130.